The number of fused-ring (bicyclic) bond motifs is 1. The molecule has 200 valence electrons. The van der Waals surface area contributed by atoms with Gasteiger partial charge < -0.3 is 25.2 Å². The number of carboxylic acids is 1. The van der Waals surface area contributed by atoms with E-state index in [0.29, 0.717) is 5.56 Å². The zero-order valence-electron chi connectivity index (χ0n) is 20.2. The summed E-state index contributed by atoms with van der Waals surface area (Å²) < 4.78 is 55.9. The van der Waals surface area contributed by atoms with Crippen molar-refractivity contribution in [1.82, 2.24) is 5.32 Å². The highest BCUT2D eigenvalue weighted by Gasteiger charge is 2.53. The molecule has 1 aliphatic rings. The van der Waals surface area contributed by atoms with Gasteiger partial charge in [-0.1, -0.05) is 13.8 Å². The van der Waals surface area contributed by atoms with Crippen molar-refractivity contribution < 1.29 is 46.9 Å². The normalized spacial score (nSPS) is 17.2. The van der Waals surface area contributed by atoms with Crippen LogP contribution in [0, 0.1) is 5.82 Å². The fourth-order valence-corrected chi connectivity index (χ4v) is 4.87. The highest BCUT2D eigenvalue weighted by Crippen LogP contribution is 2.54. The van der Waals surface area contributed by atoms with Crippen molar-refractivity contribution in [2.75, 3.05) is 4.90 Å². The third-order valence-corrected chi connectivity index (χ3v) is 6.71. The van der Waals surface area contributed by atoms with Crippen LogP contribution in [0.25, 0.3) is 0 Å². The molecule has 0 fully saturated rings. The number of ether oxygens (including phenoxy) is 1. The maximum Gasteiger partial charge on any atom is 0.573 e. The van der Waals surface area contributed by atoms with E-state index in [1.165, 1.54) is 11.8 Å². The van der Waals surface area contributed by atoms with Crippen LogP contribution in [0.5, 0.6) is 11.5 Å². The van der Waals surface area contributed by atoms with Crippen molar-refractivity contribution >= 4 is 23.5 Å². The second-order valence-electron chi connectivity index (χ2n) is 8.77. The van der Waals surface area contributed by atoms with E-state index < -0.39 is 59.0 Å². The average molecular weight is 526 g/mol. The number of phenolic OH excluding ortho intramolecular Hbond substituents is 1. The molecule has 0 spiro atoms. The van der Waals surface area contributed by atoms with E-state index in [2.05, 4.69) is 10.1 Å². The number of hydrogen-bond donors (Lipinski definition) is 3. The number of rotatable bonds is 8. The Kier molecular flexibility index (Phi) is 7.70. The lowest BCUT2D eigenvalue weighted by atomic mass is 9.75. The third kappa shape index (κ3) is 5.47. The number of carbonyl (C=O) groups excluding carboxylic acids is 2. The van der Waals surface area contributed by atoms with Crippen LogP contribution >= 0.6 is 0 Å². The number of alkyl halides is 3. The second kappa shape index (κ2) is 10.3. The zero-order valence-corrected chi connectivity index (χ0v) is 20.2. The quantitative estimate of drug-likeness (QED) is 0.429. The van der Waals surface area contributed by atoms with Gasteiger partial charge in [-0.15, -0.1) is 13.2 Å². The average Bonchev–Trinajstić information content (AvgIpc) is 3.06. The Balaban J connectivity index is 2.07. The Morgan fingerprint density at radius 3 is 2.24 bits per heavy atom. The van der Waals surface area contributed by atoms with Crippen LogP contribution in [0.4, 0.5) is 23.2 Å². The highest BCUT2D eigenvalue weighted by molar-refractivity contribution is 6.09. The Morgan fingerprint density at radius 2 is 1.73 bits per heavy atom. The summed E-state index contributed by atoms with van der Waals surface area (Å²) in [6, 6.07) is 5.18. The van der Waals surface area contributed by atoms with E-state index in [-0.39, 0.29) is 30.5 Å². The minimum absolute atomic E-state index is 0.00941. The van der Waals surface area contributed by atoms with Gasteiger partial charge in [-0.2, -0.15) is 0 Å². The first-order valence-electron chi connectivity index (χ1n) is 11.5. The number of aromatic hydroxyl groups is 1. The van der Waals surface area contributed by atoms with Crippen LogP contribution < -0.4 is 15.0 Å². The number of phenols is 1. The third-order valence-electron chi connectivity index (χ3n) is 6.71. The molecule has 0 aromatic heterocycles. The summed E-state index contributed by atoms with van der Waals surface area (Å²) in [5, 5.41) is 21.6. The van der Waals surface area contributed by atoms with Crippen molar-refractivity contribution in [2.24, 2.45) is 0 Å². The van der Waals surface area contributed by atoms with Crippen LogP contribution in [-0.2, 0) is 9.59 Å². The molecular weight excluding hydrogens is 500 g/mol. The van der Waals surface area contributed by atoms with Crippen LogP contribution in [-0.4, -0.2) is 45.9 Å². The van der Waals surface area contributed by atoms with E-state index >= 15 is 0 Å². The molecule has 2 aromatic rings. The predicted molar refractivity (Wildman–Crippen MR) is 124 cm³/mol. The molecule has 8 nitrogen and oxygen atoms in total. The summed E-state index contributed by atoms with van der Waals surface area (Å²) in [5.41, 5.74) is -0.690. The van der Waals surface area contributed by atoms with Gasteiger partial charge in [0, 0.05) is 24.0 Å². The Hall–Kier alpha value is -3.83. The standard InChI is InChI=1S/C25H26F4N2O6/c1-4-24(5-2)17(11-21(33)30-13(3)23(35)36)16-10-20(32)18(26)12-19(16)31(24)22(34)14-6-8-15(9-7-14)37-25(27,28)29/h6-10,12-13,17,32H,4-5,11H2,1-3H3,(H,30,33)(H,35,36). The van der Waals surface area contributed by atoms with Gasteiger partial charge in [0.05, 0.1) is 11.2 Å². The number of halogens is 4. The molecular formula is C25H26F4N2O6. The Morgan fingerprint density at radius 1 is 1.14 bits per heavy atom. The highest BCUT2D eigenvalue weighted by atomic mass is 19.4. The van der Waals surface area contributed by atoms with Crippen molar-refractivity contribution in [1.29, 1.82) is 0 Å². The Bertz CT molecular complexity index is 1190. The lowest BCUT2D eigenvalue weighted by molar-refractivity contribution is -0.274. The summed E-state index contributed by atoms with van der Waals surface area (Å²) in [6.07, 6.45) is -4.61. The summed E-state index contributed by atoms with van der Waals surface area (Å²) >= 11 is 0. The summed E-state index contributed by atoms with van der Waals surface area (Å²) in [5.74, 6) is -5.49. The Labute approximate surface area is 209 Å². The van der Waals surface area contributed by atoms with E-state index in [1.807, 2.05) is 0 Å². The first-order valence-corrected chi connectivity index (χ1v) is 11.5. The predicted octanol–water partition coefficient (Wildman–Crippen LogP) is 4.71. The van der Waals surface area contributed by atoms with E-state index in [0.717, 1.165) is 36.4 Å². The molecule has 1 heterocycles. The number of amides is 2. The van der Waals surface area contributed by atoms with Gasteiger partial charge in [-0.3, -0.25) is 14.4 Å². The number of nitrogens with one attached hydrogen (secondary N) is 1. The van der Waals surface area contributed by atoms with Gasteiger partial charge in [0.15, 0.2) is 11.6 Å². The number of carbonyl (C=O) groups is 3. The minimum atomic E-state index is -4.91. The molecule has 2 amide bonds. The van der Waals surface area contributed by atoms with Crippen molar-refractivity contribution in [2.45, 2.75) is 63.9 Å². The van der Waals surface area contributed by atoms with Gasteiger partial charge >= 0.3 is 12.3 Å². The monoisotopic (exact) mass is 526 g/mol. The maximum atomic E-state index is 14.5. The molecule has 0 saturated carbocycles. The topological polar surface area (TPSA) is 116 Å². The molecule has 0 aliphatic carbocycles. The first-order chi connectivity index (χ1) is 17.2. The summed E-state index contributed by atoms with van der Waals surface area (Å²) in [7, 11) is 0. The first kappa shape index (κ1) is 27.8. The maximum absolute atomic E-state index is 14.5. The van der Waals surface area contributed by atoms with Crippen molar-refractivity contribution in [3.63, 3.8) is 0 Å². The fourth-order valence-electron chi connectivity index (χ4n) is 4.87. The second-order valence-corrected chi connectivity index (χ2v) is 8.77. The molecule has 37 heavy (non-hydrogen) atoms. The van der Waals surface area contributed by atoms with Gasteiger partial charge in [0.1, 0.15) is 11.8 Å². The van der Waals surface area contributed by atoms with Crippen LogP contribution in [0.2, 0.25) is 0 Å². The number of nitrogens with zero attached hydrogens (tertiary/aromatic N) is 1. The fraction of sp³-hybridized carbons (Fsp3) is 0.400. The van der Waals surface area contributed by atoms with Gasteiger partial charge in [-0.25, -0.2) is 4.39 Å². The van der Waals surface area contributed by atoms with E-state index in [4.69, 9.17) is 5.11 Å². The number of hydrogen-bond acceptors (Lipinski definition) is 5. The van der Waals surface area contributed by atoms with Crippen molar-refractivity contribution in [3.8, 4) is 11.5 Å². The molecule has 0 bridgehead atoms. The molecule has 1 aliphatic heterocycles. The molecule has 0 radical (unpaired) electrons. The lowest BCUT2D eigenvalue weighted by Gasteiger charge is -2.41. The molecule has 2 atom stereocenters. The molecule has 3 rings (SSSR count). The van der Waals surface area contributed by atoms with Crippen LogP contribution in [0.3, 0.4) is 0 Å². The molecule has 2 aromatic carbocycles. The van der Waals surface area contributed by atoms with E-state index in [9.17, 15) is 37.1 Å². The molecule has 0 saturated heterocycles. The molecule has 12 heteroatoms. The van der Waals surface area contributed by atoms with Crippen LogP contribution in [0.15, 0.2) is 36.4 Å². The molecule has 2 unspecified atom stereocenters. The van der Waals surface area contributed by atoms with Gasteiger partial charge in [0.25, 0.3) is 5.91 Å². The number of benzene rings is 2. The van der Waals surface area contributed by atoms with Crippen molar-refractivity contribution in [3.05, 3.63) is 53.3 Å². The number of aliphatic carboxylic acids is 1. The SMILES string of the molecule is CCC1(CC)C(CC(=O)NC(C)C(=O)O)c2cc(O)c(F)cc2N1C(=O)c1ccc(OC(F)(F)F)cc1. The van der Waals surface area contributed by atoms with Gasteiger partial charge in [0.2, 0.25) is 5.91 Å². The van der Waals surface area contributed by atoms with Gasteiger partial charge in [-0.05, 0) is 55.7 Å². The number of anilines is 1. The molecule has 3 N–H and O–H groups in total. The smallest absolute Gasteiger partial charge is 0.505 e. The summed E-state index contributed by atoms with van der Waals surface area (Å²) in [4.78, 5) is 39.0. The lowest BCUT2D eigenvalue weighted by Crippen LogP contribution is -2.52. The van der Waals surface area contributed by atoms with E-state index in [1.54, 1.807) is 13.8 Å². The summed E-state index contributed by atoms with van der Waals surface area (Å²) in [6.45, 7) is 4.81. The largest absolute Gasteiger partial charge is 0.573 e. The number of carboxylic acid groups (broad SMARTS) is 1. The minimum Gasteiger partial charge on any atom is -0.505 e. The zero-order chi connectivity index (χ0) is 27.7. The van der Waals surface area contributed by atoms with Crippen LogP contribution in [0.1, 0.15) is 61.9 Å².